The lowest BCUT2D eigenvalue weighted by atomic mass is 10.1. The molecule has 0 amide bonds. The van der Waals surface area contributed by atoms with Gasteiger partial charge in [-0.25, -0.2) is 0 Å². The van der Waals surface area contributed by atoms with Gasteiger partial charge < -0.3 is 20.1 Å². The van der Waals surface area contributed by atoms with Gasteiger partial charge in [0.1, 0.15) is 23.2 Å². The van der Waals surface area contributed by atoms with Crippen LogP contribution in [0.5, 0.6) is 11.5 Å². The maximum atomic E-state index is 5.86. The van der Waals surface area contributed by atoms with Gasteiger partial charge in [-0.2, -0.15) is 0 Å². The van der Waals surface area contributed by atoms with Gasteiger partial charge in [0.25, 0.3) is 0 Å². The molecule has 0 fully saturated rings. The molecule has 2 aromatic rings. The van der Waals surface area contributed by atoms with Crippen molar-refractivity contribution in [1.29, 1.82) is 0 Å². The minimum Gasteiger partial charge on any atom is -0.494 e. The van der Waals surface area contributed by atoms with Crippen LogP contribution in [-0.4, -0.2) is 51.6 Å². The second-order valence-electron chi connectivity index (χ2n) is 7.42. The van der Waals surface area contributed by atoms with Crippen LogP contribution in [0.3, 0.4) is 0 Å². The number of nitrogens with one attached hydrogen (secondary N) is 2. The average Bonchev–Trinajstić information content (AvgIpc) is 2.83. The maximum absolute atomic E-state index is 5.86. The van der Waals surface area contributed by atoms with Crippen LogP contribution in [0.15, 0.2) is 58.5 Å². The Morgan fingerprint density at radius 1 is 0.968 bits per heavy atom. The number of ether oxygens (including phenoxy) is 2. The summed E-state index contributed by atoms with van der Waals surface area (Å²) in [6.45, 7) is 6.25. The van der Waals surface area contributed by atoms with E-state index in [1.807, 2.05) is 36.4 Å². The summed E-state index contributed by atoms with van der Waals surface area (Å²) < 4.78 is 11.7. The number of benzene rings is 2. The largest absolute Gasteiger partial charge is 0.494 e. The Morgan fingerprint density at radius 3 is 2.16 bits per heavy atom. The summed E-state index contributed by atoms with van der Waals surface area (Å²) in [5.74, 6) is 3.69. The van der Waals surface area contributed by atoms with E-state index in [0.29, 0.717) is 6.61 Å². The van der Waals surface area contributed by atoms with Crippen molar-refractivity contribution in [2.75, 3.05) is 39.9 Å². The molecule has 0 saturated heterocycles. The molecular formula is C25H34N4O2. The molecule has 166 valence electrons. The van der Waals surface area contributed by atoms with Crippen LogP contribution < -0.4 is 20.1 Å². The average molecular weight is 423 g/mol. The summed E-state index contributed by atoms with van der Waals surface area (Å²) in [5.41, 5.74) is 2.20. The van der Waals surface area contributed by atoms with Crippen LogP contribution >= 0.6 is 0 Å². The normalized spacial score (nSPS) is 13.9. The highest BCUT2D eigenvalue weighted by atomic mass is 16.5. The fourth-order valence-electron chi connectivity index (χ4n) is 3.38. The molecular weight excluding hydrogens is 388 g/mol. The fourth-order valence-corrected chi connectivity index (χ4v) is 3.38. The van der Waals surface area contributed by atoms with E-state index in [4.69, 9.17) is 9.47 Å². The highest BCUT2D eigenvalue weighted by molar-refractivity contribution is 5.99. The molecule has 0 saturated carbocycles. The zero-order valence-corrected chi connectivity index (χ0v) is 18.7. The SMILES string of the molecule is CCNC(=NC)c1ccc(OCCCCCOc2ccc(C3=NCCCN3)cc2)cc1. The summed E-state index contributed by atoms with van der Waals surface area (Å²) >= 11 is 0. The summed E-state index contributed by atoms with van der Waals surface area (Å²) in [6.07, 6.45) is 4.20. The fraction of sp³-hybridized carbons (Fsp3) is 0.440. The lowest BCUT2D eigenvalue weighted by Gasteiger charge is -2.15. The summed E-state index contributed by atoms with van der Waals surface area (Å²) in [4.78, 5) is 8.80. The van der Waals surface area contributed by atoms with Crippen molar-refractivity contribution >= 4 is 11.7 Å². The molecule has 2 aromatic carbocycles. The number of nitrogens with zero attached hydrogens (tertiary/aromatic N) is 2. The van der Waals surface area contributed by atoms with E-state index in [9.17, 15) is 0 Å². The zero-order chi connectivity index (χ0) is 21.7. The van der Waals surface area contributed by atoms with Gasteiger partial charge in [-0.15, -0.1) is 0 Å². The van der Waals surface area contributed by atoms with Crippen molar-refractivity contribution in [3.8, 4) is 11.5 Å². The molecule has 0 atom stereocenters. The topological polar surface area (TPSA) is 67.2 Å². The van der Waals surface area contributed by atoms with Crippen molar-refractivity contribution in [2.45, 2.75) is 32.6 Å². The van der Waals surface area contributed by atoms with Crippen molar-refractivity contribution in [3.05, 3.63) is 59.7 Å². The number of aliphatic imine (C=N–C) groups is 2. The first-order chi connectivity index (χ1) is 15.3. The Hall–Kier alpha value is -3.02. The third-order valence-electron chi connectivity index (χ3n) is 5.05. The van der Waals surface area contributed by atoms with Gasteiger partial charge in [-0.1, -0.05) is 0 Å². The van der Waals surface area contributed by atoms with Crippen molar-refractivity contribution < 1.29 is 9.47 Å². The Labute approximate surface area is 185 Å². The first-order valence-electron chi connectivity index (χ1n) is 11.3. The Kier molecular flexibility index (Phi) is 9.23. The maximum Gasteiger partial charge on any atom is 0.128 e. The highest BCUT2D eigenvalue weighted by Gasteiger charge is 2.07. The second kappa shape index (κ2) is 12.6. The predicted molar refractivity (Wildman–Crippen MR) is 128 cm³/mol. The van der Waals surface area contributed by atoms with E-state index in [1.165, 1.54) is 0 Å². The Balaban J connectivity index is 1.29. The molecule has 0 aromatic heterocycles. The number of amidine groups is 2. The predicted octanol–water partition coefficient (Wildman–Crippen LogP) is 4.04. The summed E-state index contributed by atoms with van der Waals surface area (Å²) in [5, 5.41) is 6.60. The van der Waals surface area contributed by atoms with Gasteiger partial charge in [0.15, 0.2) is 0 Å². The first kappa shape index (κ1) is 22.7. The van der Waals surface area contributed by atoms with Crippen LogP contribution in [0.2, 0.25) is 0 Å². The minimum atomic E-state index is 0.713. The monoisotopic (exact) mass is 422 g/mol. The molecule has 0 aliphatic carbocycles. The molecule has 0 bridgehead atoms. The molecule has 2 N–H and O–H groups in total. The van der Waals surface area contributed by atoms with Gasteiger partial charge in [0, 0.05) is 37.8 Å². The van der Waals surface area contributed by atoms with Gasteiger partial charge in [0.05, 0.1) is 13.2 Å². The van der Waals surface area contributed by atoms with Gasteiger partial charge >= 0.3 is 0 Å². The van der Waals surface area contributed by atoms with E-state index < -0.39 is 0 Å². The lowest BCUT2D eigenvalue weighted by Crippen LogP contribution is -2.30. The van der Waals surface area contributed by atoms with Gasteiger partial charge in [0.2, 0.25) is 0 Å². The quantitative estimate of drug-likeness (QED) is 0.326. The van der Waals surface area contributed by atoms with E-state index in [-0.39, 0.29) is 0 Å². The van der Waals surface area contributed by atoms with Crippen LogP contribution in [0, 0.1) is 0 Å². The number of rotatable bonds is 11. The molecule has 0 unspecified atom stereocenters. The second-order valence-corrected chi connectivity index (χ2v) is 7.42. The van der Waals surface area contributed by atoms with E-state index in [2.05, 4.69) is 39.7 Å². The molecule has 1 heterocycles. The van der Waals surface area contributed by atoms with Gasteiger partial charge in [-0.05, 0) is 81.1 Å². The van der Waals surface area contributed by atoms with Crippen LogP contribution in [-0.2, 0) is 0 Å². The minimum absolute atomic E-state index is 0.713. The van der Waals surface area contributed by atoms with Crippen LogP contribution in [0.25, 0.3) is 0 Å². The number of unbranched alkanes of at least 4 members (excludes halogenated alkanes) is 2. The lowest BCUT2D eigenvalue weighted by molar-refractivity contribution is 0.279. The van der Waals surface area contributed by atoms with Crippen molar-refractivity contribution in [1.82, 2.24) is 10.6 Å². The number of hydrogen-bond acceptors (Lipinski definition) is 5. The summed E-state index contributed by atoms with van der Waals surface area (Å²) in [6, 6.07) is 16.3. The number of hydrogen-bond donors (Lipinski definition) is 2. The molecule has 1 aliphatic heterocycles. The molecule has 0 radical (unpaired) electrons. The zero-order valence-electron chi connectivity index (χ0n) is 18.7. The highest BCUT2D eigenvalue weighted by Crippen LogP contribution is 2.15. The Morgan fingerprint density at radius 2 is 1.61 bits per heavy atom. The standard InChI is InChI=1S/C25H34N4O2/c1-3-27-24(26-2)20-8-12-22(13-9-20)30-18-5-4-6-19-31-23-14-10-21(11-15-23)25-28-16-7-17-29-25/h8-15H,3-7,16-19H2,1-2H3,(H,26,27)(H,28,29). The molecule has 6 heteroatoms. The molecule has 0 spiro atoms. The van der Waals surface area contributed by atoms with Crippen molar-refractivity contribution in [3.63, 3.8) is 0 Å². The van der Waals surface area contributed by atoms with Crippen LogP contribution in [0.1, 0.15) is 43.7 Å². The first-order valence-corrected chi connectivity index (χ1v) is 11.3. The third kappa shape index (κ3) is 7.31. The van der Waals surface area contributed by atoms with E-state index >= 15 is 0 Å². The van der Waals surface area contributed by atoms with Gasteiger partial charge in [-0.3, -0.25) is 9.98 Å². The molecule has 31 heavy (non-hydrogen) atoms. The van der Waals surface area contributed by atoms with E-state index in [0.717, 1.165) is 86.2 Å². The molecule has 1 aliphatic rings. The van der Waals surface area contributed by atoms with Crippen LogP contribution in [0.4, 0.5) is 0 Å². The van der Waals surface area contributed by atoms with Crippen molar-refractivity contribution in [2.24, 2.45) is 9.98 Å². The third-order valence-corrected chi connectivity index (χ3v) is 5.05. The smallest absolute Gasteiger partial charge is 0.128 e. The Bertz CT molecular complexity index is 845. The summed E-state index contributed by atoms with van der Waals surface area (Å²) in [7, 11) is 1.80. The molecule has 3 rings (SSSR count). The molecule has 6 nitrogen and oxygen atoms in total. The van der Waals surface area contributed by atoms with E-state index in [1.54, 1.807) is 7.05 Å².